The van der Waals surface area contributed by atoms with E-state index in [-0.39, 0.29) is 46.9 Å². The number of sulfonamides is 1. The summed E-state index contributed by atoms with van der Waals surface area (Å²) in [7, 11) is -3.90. The molecular formula is C20H22ClFN4O4S. The number of rotatable bonds is 6. The third-order valence-corrected chi connectivity index (χ3v) is 8.14. The molecule has 8 nitrogen and oxygen atoms in total. The van der Waals surface area contributed by atoms with Gasteiger partial charge in [0.05, 0.1) is 12.6 Å². The van der Waals surface area contributed by atoms with Crippen molar-refractivity contribution in [3.63, 3.8) is 0 Å². The summed E-state index contributed by atoms with van der Waals surface area (Å²) in [6.07, 6.45) is 3.91. The van der Waals surface area contributed by atoms with Crippen LogP contribution in [0.25, 0.3) is 0 Å². The third-order valence-electron chi connectivity index (χ3n) is 6.04. The number of nitrogens with zero attached hydrogens (tertiary/aromatic N) is 4. The first-order chi connectivity index (χ1) is 14.7. The van der Waals surface area contributed by atoms with E-state index in [0.29, 0.717) is 12.8 Å². The van der Waals surface area contributed by atoms with E-state index in [2.05, 4.69) is 9.97 Å². The Bertz CT molecular complexity index is 1100. The summed E-state index contributed by atoms with van der Waals surface area (Å²) in [5.74, 6) is -1.20. The molecule has 4 rings (SSSR count). The van der Waals surface area contributed by atoms with Gasteiger partial charge in [-0.3, -0.25) is 4.79 Å². The molecule has 0 bridgehead atoms. The molecule has 1 amide bonds. The molecule has 0 radical (unpaired) electrons. The lowest BCUT2D eigenvalue weighted by Crippen LogP contribution is -2.68. The molecule has 1 N–H and O–H groups in total. The Morgan fingerprint density at radius 1 is 1.32 bits per heavy atom. The SMILES string of the molecule is C[C@H](CO)N(C(=O)c1nccnc1Cl)C1CC2(C1)CN(S(=O)(=O)c1ccccc1F)C2. The second kappa shape index (κ2) is 8.09. The predicted molar refractivity (Wildman–Crippen MR) is 110 cm³/mol. The van der Waals surface area contributed by atoms with Crippen LogP contribution in [0.2, 0.25) is 5.15 Å². The van der Waals surface area contributed by atoms with Gasteiger partial charge in [-0.25, -0.2) is 22.8 Å². The number of aromatic nitrogens is 2. The summed E-state index contributed by atoms with van der Waals surface area (Å²) >= 11 is 6.02. The zero-order chi connectivity index (χ0) is 22.4. The molecule has 1 saturated heterocycles. The number of aliphatic hydroxyl groups excluding tert-OH is 1. The van der Waals surface area contributed by atoms with Crippen LogP contribution in [0.5, 0.6) is 0 Å². The molecule has 2 fully saturated rings. The number of benzene rings is 1. The average molecular weight is 469 g/mol. The summed E-state index contributed by atoms with van der Waals surface area (Å²) in [5, 5.41) is 9.64. The molecule has 31 heavy (non-hydrogen) atoms. The topological polar surface area (TPSA) is 104 Å². The van der Waals surface area contributed by atoms with Crippen molar-refractivity contribution in [3.8, 4) is 0 Å². The summed E-state index contributed by atoms with van der Waals surface area (Å²) in [5.41, 5.74) is -0.245. The smallest absolute Gasteiger partial charge is 0.276 e. The first-order valence-corrected chi connectivity index (χ1v) is 11.6. The van der Waals surface area contributed by atoms with E-state index in [9.17, 15) is 22.7 Å². The largest absolute Gasteiger partial charge is 0.394 e. The molecule has 1 aliphatic heterocycles. The maximum Gasteiger partial charge on any atom is 0.276 e. The van der Waals surface area contributed by atoms with Gasteiger partial charge < -0.3 is 10.0 Å². The third kappa shape index (κ3) is 3.82. The van der Waals surface area contributed by atoms with Crippen LogP contribution in [0, 0.1) is 11.2 Å². The molecule has 0 unspecified atom stereocenters. The number of carbonyl (C=O) groups excluding carboxylic acids is 1. The van der Waals surface area contributed by atoms with Crippen LogP contribution in [-0.4, -0.2) is 70.4 Å². The molecule has 1 aliphatic carbocycles. The minimum Gasteiger partial charge on any atom is -0.394 e. The quantitative estimate of drug-likeness (QED) is 0.695. The van der Waals surface area contributed by atoms with E-state index >= 15 is 0 Å². The van der Waals surface area contributed by atoms with E-state index in [0.717, 1.165) is 6.07 Å². The van der Waals surface area contributed by atoms with Crippen molar-refractivity contribution in [2.75, 3.05) is 19.7 Å². The highest BCUT2D eigenvalue weighted by Gasteiger charge is 2.58. The highest BCUT2D eigenvalue weighted by Crippen LogP contribution is 2.52. The average Bonchev–Trinajstić information content (AvgIpc) is 2.68. The number of halogens is 2. The first kappa shape index (κ1) is 22.1. The van der Waals surface area contributed by atoms with Gasteiger partial charge in [-0.1, -0.05) is 23.7 Å². The van der Waals surface area contributed by atoms with Crippen LogP contribution >= 0.6 is 11.6 Å². The van der Waals surface area contributed by atoms with Gasteiger partial charge in [0.25, 0.3) is 5.91 Å². The van der Waals surface area contributed by atoms with Gasteiger partial charge >= 0.3 is 0 Å². The molecule has 2 aromatic rings. The molecule has 1 aromatic carbocycles. The van der Waals surface area contributed by atoms with Crippen LogP contribution in [0.1, 0.15) is 30.3 Å². The second-order valence-corrected chi connectivity index (χ2v) is 10.5. The second-order valence-electron chi connectivity index (χ2n) is 8.21. The Hall–Kier alpha value is -2.14. The van der Waals surface area contributed by atoms with Crippen LogP contribution < -0.4 is 0 Å². The fraction of sp³-hybridized carbons (Fsp3) is 0.450. The van der Waals surface area contributed by atoms with Crippen molar-refractivity contribution in [2.24, 2.45) is 5.41 Å². The fourth-order valence-corrected chi connectivity index (χ4v) is 6.38. The van der Waals surface area contributed by atoms with Crippen molar-refractivity contribution in [1.29, 1.82) is 0 Å². The molecule has 166 valence electrons. The van der Waals surface area contributed by atoms with Gasteiger partial charge in [0, 0.05) is 36.9 Å². The Morgan fingerprint density at radius 3 is 2.58 bits per heavy atom. The lowest BCUT2D eigenvalue weighted by Gasteiger charge is -2.60. The van der Waals surface area contributed by atoms with Crippen molar-refractivity contribution in [3.05, 3.63) is 53.3 Å². The van der Waals surface area contributed by atoms with E-state index < -0.39 is 27.8 Å². The molecule has 1 atom stereocenters. The monoisotopic (exact) mass is 468 g/mol. The van der Waals surface area contributed by atoms with Crippen LogP contribution in [0.3, 0.4) is 0 Å². The molecular weight excluding hydrogens is 447 g/mol. The number of hydrogen-bond donors (Lipinski definition) is 1. The number of hydrogen-bond acceptors (Lipinski definition) is 6. The standard InChI is InChI=1S/C20H22ClFN4O4S/c1-13(10-27)26(19(28)17-18(21)24-7-6-23-17)14-8-20(9-14)11-25(12-20)31(29,30)16-5-3-2-4-15(16)22/h2-7,13-14,27H,8-12H2,1H3/t13-/m1/s1. The molecule has 11 heteroatoms. The molecule has 1 spiro atoms. The van der Waals surface area contributed by atoms with Crippen molar-refractivity contribution >= 4 is 27.5 Å². The normalized spacial score (nSPS) is 19.5. The maximum atomic E-state index is 14.0. The summed E-state index contributed by atoms with van der Waals surface area (Å²) < 4.78 is 40.7. The summed E-state index contributed by atoms with van der Waals surface area (Å²) in [4.78, 5) is 22.2. The van der Waals surface area contributed by atoms with Crippen molar-refractivity contribution in [1.82, 2.24) is 19.2 Å². The highest BCUT2D eigenvalue weighted by molar-refractivity contribution is 7.89. The first-order valence-electron chi connectivity index (χ1n) is 9.83. The zero-order valence-electron chi connectivity index (χ0n) is 16.8. The van der Waals surface area contributed by atoms with E-state index in [1.54, 1.807) is 11.8 Å². The Labute approximate surface area is 184 Å². The Kier molecular flexibility index (Phi) is 5.76. The Morgan fingerprint density at radius 2 is 1.97 bits per heavy atom. The van der Waals surface area contributed by atoms with Gasteiger partial charge in [0.2, 0.25) is 10.0 Å². The van der Waals surface area contributed by atoms with Gasteiger partial charge in [0.1, 0.15) is 10.7 Å². The van der Waals surface area contributed by atoms with Gasteiger partial charge in [-0.2, -0.15) is 4.31 Å². The number of carbonyl (C=O) groups is 1. The van der Waals surface area contributed by atoms with Crippen LogP contribution in [-0.2, 0) is 10.0 Å². The van der Waals surface area contributed by atoms with Crippen LogP contribution in [0.4, 0.5) is 4.39 Å². The van der Waals surface area contributed by atoms with Crippen molar-refractivity contribution in [2.45, 2.75) is 36.7 Å². The van der Waals surface area contributed by atoms with Crippen LogP contribution in [0.15, 0.2) is 41.6 Å². The molecule has 1 aromatic heterocycles. The molecule has 2 aliphatic rings. The van der Waals surface area contributed by atoms with E-state index in [1.165, 1.54) is 34.9 Å². The summed E-state index contributed by atoms with van der Waals surface area (Å²) in [6, 6.07) is 4.66. The highest BCUT2D eigenvalue weighted by atomic mass is 35.5. The predicted octanol–water partition coefficient (Wildman–Crippen LogP) is 1.95. The fourth-order valence-electron chi connectivity index (χ4n) is 4.46. The maximum absolute atomic E-state index is 14.0. The van der Waals surface area contributed by atoms with Gasteiger partial charge in [-0.15, -0.1) is 0 Å². The summed E-state index contributed by atoms with van der Waals surface area (Å²) in [6.45, 7) is 2.02. The van der Waals surface area contributed by atoms with E-state index in [4.69, 9.17) is 11.6 Å². The number of aliphatic hydroxyl groups is 1. The molecule has 2 heterocycles. The lowest BCUT2D eigenvalue weighted by atomic mass is 9.61. The lowest BCUT2D eigenvalue weighted by molar-refractivity contribution is -0.0777. The van der Waals surface area contributed by atoms with Gasteiger partial charge in [-0.05, 0) is 31.9 Å². The Balaban J connectivity index is 1.46. The number of amides is 1. The van der Waals surface area contributed by atoms with E-state index in [1.807, 2.05) is 0 Å². The van der Waals surface area contributed by atoms with Crippen molar-refractivity contribution < 1.29 is 22.7 Å². The zero-order valence-corrected chi connectivity index (χ0v) is 18.4. The van der Waals surface area contributed by atoms with Gasteiger partial charge in [0.15, 0.2) is 10.8 Å². The molecule has 1 saturated carbocycles. The minimum absolute atomic E-state index is 0.0116. The minimum atomic E-state index is -3.90.